The van der Waals surface area contributed by atoms with Gasteiger partial charge in [0.2, 0.25) is 0 Å². The van der Waals surface area contributed by atoms with Gasteiger partial charge in [0, 0.05) is 18.4 Å². The fraction of sp³-hybridized carbons (Fsp3) is 0.545. The Balaban J connectivity index is 2.44. The first-order valence-corrected chi connectivity index (χ1v) is 4.77. The quantitative estimate of drug-likeness (QED) is 0.648. The summed E-state index contributed by atoms with van der Waals surface area (Å²) in [4.78, 5) is 0. The molecule has 0 aliphatic rings. The largest absolute Gasteiger partial charge is 0.270 e. The Labute approximate surface area is 80.3 Å². The lowest BCUT2D eigenvalue weighted by atomic mass is 10.0. The predicted molar refractivity (Wildman–Crippen MR) is 55.6 cm³/mol. The van der Waals surface area contributed by atoms with Crippen LogP contribution in [0.2, 0.25) is 0 Å². The number of nitrogens with zero attached hydrogens (tertiary/aromatic N) is 2. The molecule has 2 nitrogen and oxygen atoms in total. The standard InChI is InChI=1S/C11H18N2/c1-9(2)10(3)6-8-13-11(4)5-7-12-13/h5,7,9H,3,6,8H2,1-2,4H3. The van der Waals surface area contributed by atoms with Gasteiger partial charge in [0.15, 0.2) is 0 Å². The maximum absolute atomic E-state index is 4.22. The maximum Gasteiger partial charge on any atom is 0.0492 e. The average Bonchev–Trinajstić information content (AvgIpc) is 2.47. The summed E-state index contributed by atoms with van der Waals surface area (Å²) in [6.45, 7) is 11.4. The molecule has 0 amide bonds. The van der Waals surface area contributed by atoms with Crippen molar-refractivity contribution in [3.63, 3.8) is 0 Å². The lowest BCUT2D eigenvalue weighted by Gasteiger charge is -2.09. The van der Waals surface area contributed by atoms with Gasteiger partial charge in [-0.05, 0) is 25.3 Å². The molecule has 0 N–H and O–H groups in total. The molecule has 0 aliphatic carbocycles. The molecule has 1 aromatic heterocycles. The van der Waals surface area contributed by atoms with Crippen molar-refractivity contribution in [2.75, 3.05) is 0 Å². The highest BCUT2D eigenvalue weighted by Gasteiger charge is 2.01. The van der Waals surface area contributed by atoms with Gasteiger partial charge in [-0.25, -0.2) is 0 Å². The van der Waals surface area contributed by atoms with Gasteiger partial charge in [0.05, 0.1) is 0 Å². The summed E-state index contributed by atoms with van der Waals surface area (Å²) in [6, 6.07) is 2.03. The van der Waals surface area contributed by atoms with Crippen molar-refractivity contribution in [2.24, 2.45) is 5.92 Å². The lowest BCUT2D eigenvalue weighted by Crippen LogP contribution is -2.04. The molecule has 0 aliphatic heterocycles. The summed E-state index contributed by atoms with van der Waals surface area (Å²) in [5.41, 5.74) is 2.52. The molecule has 0 saturated carbocycles. The predicted octanol–water partition coefficient (Wildman–Crippen LogP) is 2.79. The molecule has 0 fully saturated rings. The Hall–Kier alpha value is -1.05. The first kappa shape index (κ1) is 10.0. The molecule has 0 bridgehead atoms. The zero-order valence-corrected chi connectivity index (χ0v) is 8.75. The van der Waals surface area contributed by atoms with Gasteiger partial charge >= 0.3 is 0 Å². The highest BCUT2D eigenvalue weighted by atomic mass is 15.3. The second-order valence-corrected chi connectivity index (χ2v) is 3.76. The Morgan fingerprint density at radius 3 is 2.77 bits per heavy atom. The number of aryl methyl sites for hydroxylation is 2. The van der Waals surface area contributed by atoms with Gasteiger partial charge in [0.25, 0.3) is 0 Å². The minimum Gasteiger partial charge on any atom is -0.270 e. The smallest absolute Gasteiger partial charge is 0.0492 e. The van der Waals surface area contributed by atoms with E-state index in [0.717, 1.165) is 13.0 Å². The normalized spacial score (nSPS) is 10.8. The fourth-order valence-electron chi connectivity index (χ4n) is 1.17. The maximum atomic E-state index is 4.22. The van der Waals surface area contributed by atoms with Gasteiger partial charge < -0.3 is 0 Å². The summed E-state index contributed by atoms with van der Waals surface area (Å²) in [7, 11) is 0. The van der Waals surface area contributed by atoms with Crippen molar-refractivity contribution >= 4 is 0 Å². The van der Waals surface area contributed by atoms with Crippen molar-refractivity contribution in [2.45, 2.75) is 33.7 Å². The van der Waals surface area contributed by atoms with Crippen molar-refractivity contribution in [3.05, 3.63) is 30.1 Å². The molecule has 2 heteroatoms. The van der Waals surface area contributed by atoms with Crippen LogP contribution in [-0.2, 0) is 6.54 Å². The molecule has 0 unspecified atom stereocenters. The zero-order valence-electron chi connectivity index (χ0n) is 8.75. The third-order valence-electron chi connectivity index (χ3n) is 2.39. The summed E-state index contributed by atoms with van der Waals surface area (Å²) in [6.07, 6.45) is 2.87. The lowest BCUT2D eigenvalue weighted by molar-refractivity contribution is 0.570. The third kappa shape index (κ3) is 2.72. The van der Waals surface area contributed by atoms with Crippen molar-refractivity contribution in [3.8, 4) is 0 Å². The topological polar surface area (TPSA) is 17.8 Å². The Morgan fingerprint density at radius 1 is 1.62 bits per heavy atom. The average molecular weight is 178 g/mol. The van der Waals surface area contributed by atoms with E-state index in [1.54, 1.807) is 0 Å². The molecular weight excluding hydrogens is 160 g/mol. The third-order valence-corrected chi connectivity index (χ3v) is 2.39. The van der Waals surface area contributed by atoms with Crippen LogP contribution in [0.4, 0.5) is 0 Å². The molecule has 0 radical (unpaired) electrons. The van der Waals surface area contributed by atoms with E-state index in [2.05, 4.69) is 32.4 Å². The van der Waals surface area contributed by atoms with Gasteiger partial charge in [-0.1, -0.05) is 26.0 Å². The van der Waals surface area contributed by atoms with Crippen LogP contribution >= 0.6 is 0 Å². The number of hydrogen-bond acceptors (Lipinski definition) is 1. The van der Waals surface area contributed by atoms with Crippen molar-refractivity contribution in [1.29, 1.82) is 0 Å². The molecule has 72 valence electrons. The number of rotatable bonds is 4. The van der Waals surface area contributed by atoms with E-state index in [9.17, 15) is 0 Å². The first-order valence-electron chi connectivity index (χ1n) is 4.77. The van der Waals surface area contributed by atoms with Crippen LogP contribution in [0.1, 0.15) is 26.0 Å². The van der Waals surface area contributed by atoms with Crippen LogP contribution in [0, 0.1) is 12.8 Å². The highest BCUT2D eigenvalue weighted by Crippen LogP contribution is 2.12. The van der Waals surface area contributed by atoms with E-state index in [-0.39, 0.29) is 0 Å². The van der Waals surface area contributed by atoms with Crippen LogP contribution in [0.3, 0.4) is 0 Å². The molecule has 1 rings (SSSR count). The monoisotopic (exact) mass is 178 g/mol. The van der Waals surface area contributed by atoms with E-state index in [1.165, 1.54) is 11.3 Å². The van der Waals surface area contributed by atoms with Gasteiger partial charge in [-0.3, -0.25) is 4.68 Å². The minimum absolute atomic E-state index is 0.580. The molecule has 0 atom stereocenters. The molecule has 13 heavy (non-hydrogen) atoms. The Bertz CT molecular complexity index is 284. The minimum atomic E-state index is 0.580. The number of allylic oxidation sites excluding steroid dienone is 1. The zero-order chi connectivity index (χ0) is 9.84. The van der Waals surface area contributed by atoms with Crippen LogP contribution < -0.4 is 0 Å². The summed E-state index contributed by atoms with van der Waals surface area (Å²) < 4.78 is 2.02. The van der Waals surface area contributed by atoms with Gasteiger partial charge in [-0.15, -0.1) is 0 Å². The van der Waals surface area contributed by atoms with Gasteiger partial charge in [-0.2, -0.15) is 5.10 Å². The Morgan fingerprint density at radius 2 is 2.31 bits per heavy atom. The van der Waals surface area contributed by atoms with Crippen LogP contribution in [-0.4, -0.2) is 9.78 Å². The Kier molecular flexibility index (Phi) is 3.29. The van der Waals surface area contributed by atoms with E-state index < -0.39 is 0 Å². The molecule has 1 heterocycles. The first-order chi connectivity index (χ1) is 6.11. The van der Waals surface area contributed by atoms with Gasteiger partial charge in [0.1, 0.15) is 0 Å². The van der Waals surface area contributed by atoms with Crippen LogP contribution in [0.5, 0.6) is 0 Å². The second kappa shape index (κ2) is 4.26. The molecule has 1 aromatic rings. The van der Waals surface area contributed by atoms with Crippen LogP contribution in [0.15, 0.2) is 24.4 Å². The molecule has 0 aromatic carbocycles. The van der Waals surface area contributed by atoms with E-state index in [4.69, 9.17) is 0 Å². The molecular formula is C11H18N2. The van der Waals surface area contributed by atoms with E-state index >= 15 is 0 Å². The summed E-state index contributed by atoms with van der Waals surface area (Å²) in [5, 5.41) is 4.22. The highest BCUT2D eigenvalue weighted by molar-refractivity contribution is 5.00. The van der Waals surface area contributed by atoms with Crippen molar-refractivity contribution < 1.29 is 0 Å². The second-order valence-electron chi connectivity index (χ2n) is 3.76. The fourth-order valence-corrected chi connectivity index (χ4v) is 1.17. The summed E-state index contributed by atoms with van der Waals surface area (Å²) in [5.74, 6) is 0.580. The van der Waals surface area contributed by atoms with Crippen LogP contribution in [0.25, 0.3) is 0 Å². The summed E-state index contributed by atoms with van der Waals surface area (Å²) >= 11 is 0. The van der Waals surface area contributed by atoms with Crippen molar-refractivity contribution in [1.82, 2.24) is 9.78 Å². The number of aromatic nitrogens is 2. The molecule has 0 spiro atoms. The number of hydrogen-bond donors (Lipinski definition) is 0. The molecule has 0 saturated heterocycles. The van der Waals surface area contributed by atoms with E-state index in [0.29, 0.717) is 5.92 Å². The SMILES string of the molecule is C=C(CCn1nccc1C)C(C)C. The van der Waals surface area contributed by atoms with E-state index in [1.807, 2.05) is 16.9 Å².